The summed E-state index contributed by atoms with van der Waals surface area (Å²) in [5, 5.41) is 16.0. The van der Waals surface area contributed by atoms with E-state index in [0.717, 1.165) is 0 Å². The molecule has 0 radical (unpaired) electrons. The Hall–Kier alpha value is -2.08. The molecule has 1 fully saturated rings. The number of Topliss-reactive ketones (excluding diaryl/α,β-unsaturated/α-hetero) is 1. The van der Waals surface area contributed by atoms with Crippen LogP contribution in [-0.2, 0) is 0 Å². The number of carbonyl (C=O) groups is 2. The number of amides is 2. The summed E-state index contributed by atoms with van der Waals surface area (Å²) in [4.78, 5) is 23.8. The Kier molecular flexibility index (Phi) is 4.99. The van der Waals surface area contributed by atoms with Crippen molar-refractivity contribution in [2.45, 2.75) is 16.6 Å². The van der Waals surface area contributed by atoms with Crippen molar-refractivity contribution in [3.8, 4) is 0 Å². The minimum atomic E-state index is -2.11. The SMILES string of the molecule is O=C1NC(c2ccccc2)C(C(=O)c2ccccc2)C(O)(C(Cl)Cl)N1. The van der Waals surface area contributed by atoms with Gasteiger partial charge in [0, 0.05) is 5.56 Å². The number of aliphatic hydroxyl groups is 1. The van der Waals surface area contributed by atoms with E-state index in [2.05, 4.69) is 10.6 Å². The minimum Gasteiger partial charge on any atom is -0.368 e. The second-order valence-electron chi connectivity index (χ2n) is 5.82. The lowest BCUT2D eigenvalue weighted by atomic mass is 9.78. The third kappa shape index (κ3) is 3.35. The Morgan fingerprint density at radius 3 is 2.16 bits per heavy atom. The summed E-state index contributed by atoms with van der Waals surface area (Å²) in [6.45, 7) is 0. The number of halogens is 2. The van der Waals surface area contributed by atoms with Gasteiger partial charge >= 0.3 is 6.03 Å². The molecular formula is C18H16Cl2N2O3. The van der Waals surface area contributed by atoms with Crippen molar-refractivity contribution in [3.05, 3.63) is 71.8 Å². The highest BCUT2D eigenvalue weighted by atomic mass is 35.5. The molecule has 1 aliphatic heterocycles. The van der Waals surface area contributed by atoms with Crippen LogP contribution >= 0.6 is 23.2 Å². The maximum Gasteiger partial charge on any atom is 0.317 e. The van der Waals surface area contributed by atoms with Crippen LogP contribution in [0.25, 0.3) is 0 Å². The van der Waals surface area contributed by atoms with Crippen molar-refractivity contribution in [2.75, 3.05) is 0 Å². The zero-order chi connectivity index (χ0) is 18.0. The van der Waals surface area contributed by atoms with E-state index in [1.807, 2.05) is 6.07 Å². The van der Waals surface area contributed by atoms with E-state index < -0.39 is 28.6 Å². The third-order valence-electron chi connectivity index (χ3n) is 4.24. The summed E-state index contributed by atoms with van der Waals surface area (Å²) in [6.07, 6.45) is 0. The van der Waals surface area contributed by atoms with Crippen LogP contribution in [0.1, 0.15) is 22.0 Å². The highest BCUT2D eigenvalue weighted by Crippen LogP contribution is 2.39. The molecule has 25 heavy (non-hydrogen) atoms. The molecule has 3 rings (SSSR count). The molecule has 1 heterocycles. The lowest BCUT2D eigenvalue weighted by Crippen LogP contribution is -2.69. The quantitative estimate of drug-likeness (QED) is 0.565. The molecule has 5 nitrogen and oxygen atoms in total. The number of benzene rings is 2. The number of rotatable bonds is 4. The van der Waals surface area contributed by atoms with Crippen molar-refractivity contribution >= 4 is 35.0 Å². The third-order valence-corrected chi connectivity index (χ3v) is 4.91. The van der Waals surface area contributed by atoms with Gasteiger partial charge in [0.2, 0.25) is 0 Å². The standard InChI is InChI=1S/C18H16Cl2N2O3/c19-16(20)18(25)13(15(23)12-9-5-2-6-10-12)14(21-17(24)22-18)11-7-3-1-4-8-11/h1-10,13-14,16,25H,(H2,21,22,24). The van der Waals surface area contributed by atoms with Gasteiger partial charge in [-0.15, -0.1) is 0 Å². The van der Waals surface area contributed by atoms with Crippen molar-refractivity contribution in [3.63, 3.8) is 0 Å². The largest absolute Gasteiger partial charge is 0.368 e. The summed E-state index contributed by atoms with van der Waals surface area (Å²) in [7, 11) is 0. The Labute approximate surface area is 154 Å². The molecule has 3 N–H and O–H groups in total. The van der Waals surface area contributed by atoms with Crippen LogP contribution in [0.3, 0.4) is 0 Å². The molecule has 1 aliphatic rings. The van der Waals surface area contributed by atoms with Gasteiger partial charge in [0.25, 0.3) is 0 Å². The fraction of sp³-hybridized carbons (Fsp3) is 0.222. The molecule has 3 atom stereocenters. The number of carbonyl (C=O) groups excluding carboxylic acids is 2. The van der Waals surface area contributed by atoms with Crippen LogP contribution in [-0.4, -0.2) is 27.5 Å². The molecule has 0 aromatic heterocycles. The Morgan fingerprint density at radius 2 is 1.60 bits per heavy atom. The van der Waals surface area contributed by atoms with Gasteiger partial charge in [0.05, 0.1) is 12.0 Å². The van der Waals surface area contributed by atoms with Crippen LogP contribution < -0.4 is 10.6 Å². The van der Waals surface area contributed by atoms with Crippen LogP contribution in [0.4, 0.5) is 4.79 Å². The van der Waals surface area contributed by atoms with Gasteiger partial charge in [-0.05, 0) is 5.56 Å². The fourth-order valence-electron chi connectivity index (χ4n) is 3.03. The number of hydrogen-bond donors (Lipinski definition) is 3. The second kappa shape index (κ2) is 7.04. The number of nitrogens with one attached hydrogen (secondary N) is 2. The van der Waals surface area contributed by atoms with Crippen molar-refractivity contribution in [1.82, 2.24) is 10.6 Å². The van der Waals surface area contributed by atoms with Gasteiger partial charge in [-0.3, -0.25) is 4.79 Å². The number of urea groups is 1. The molecule has 7 heteroatoms. The fourth-order valence-corrected chi connectivity index (χ4v) is 3.41. The molecular weight excluding hydrogens is 363 g/mol. The molecule has 2 aromatic carbocycles. The summed E-state index contributed by atoms with van der Waals surface area (Å²) in [5.74, 6) is -1.49. The summed E-state index contributed by atoms with van der Waals surface area (Å²) >= 11 is 11.9. The van der Waals surface area contributed by atoms with Gasteiger partial charge < -0.3 is 15.7 Å². The molecule has 0 spiro atoms. The predicted molar refractivity (Wildman–Crippen MR) is 95.6 cm³/mol. The van der Waals surface area contributed by atoms with E-state index >= 15 is 0 Å². The van der Waals surface area contributed by atoms with Crippen LogP contribution in [0, 0.1) is 5.92 Å². The number of hydrogen-bond acceptors (Lipinski definition) is 3. The zero-order valence-electron chi connectivity index (χ0n) is 13.0. The normalized spacial score (nSPS) is 26.0. The average Bonchev–Trinajstić information content (AvgIpc) is 2.62. The first-order valence-electron chi connectivity index (χ1n) is 7.67. The number of alkyl halides is 2. The molecule has 1 saturated heterocycles. The lowest BCUT2D eigenvalue weighted by molar-refractivity contribution is -0.0413. The molecule has 0 aliphatic carbocycles. The predicted octanol–water partition coefficient (Wildman–Crippen LogP) is 3.03. The first-order valence-corrected chi connectivity index (χ1v) is 8.54. The monoisotopic (exact) mass is 378 g/mol. The van der Waals surface area contributed by atoms with E-state index in [4.69, 9.17) is 23.2 Å². The molecule has 2 aromatic rings. The summed E-state index contributed by atoms with van der Waals surface area (Å²) in [6, 6.07) is 16.0. The molecule has 2 amide bonds. The first-order chi connectivity index (χ1) is 11.9. The summed E-state index contributed by atoms with van der Waals surface area (Å²) in [5.41, 5.74) is -1.06. The van der Waals surface area contributed by atoms with Crippen LogP contribution in [0.5, 0.6) is 0 Å². The van der Waals surface area contributed by atoms with Gasteiger partial charge in [-0.1, -0.05) is 83.9 Å². The zero-order valence-corrected chi connectivity index (χ0v) is 14.5. The van der Waals surface area contributed by atoms with Crippen molar-refractivity contribution in [1.29, 1.82) is 0 Å². The van der Waals surface area contributed by atoms with Gasteiger partial charge in [-0.2, -0.15) is 0 Å². The minimum absolute atomic E-state index is 0.379. The smallest absolute Gasteiger partial charge is 0.317 e. The summed E-state index contributed by atoms with van der Waals surface area (Å²) < 4.78 is 0. The highest BCUT2D eigenvalue weighted by molar-refractivity contribution is 6.45. The lowest BCUT2D eigenvalue weighted by Gasteiger charge is -2.45. The van der Waals surface area contributed by atoms with Gasteiger partial charge in [-0.25, -0.2) is 4.79 Å². The molecule has 0 bridgehead atoms. The topological polar surface area (TPSA) is 78.4 Å². The molecule has 3 unspecified atom stereocenters. The molecule has 130 valence electrons. The van der Waals surface area contributed by atoms with E-state index in [9.17, 15) is 14.7 Å². The van der Waals surface area contributed by atoms with E-state index in [-0.39, 0.29) is 5.78 Å². The average molecular weight is 379 g/mol. The first kappa shape index (κ1) is 17.7. The van der Waals surface area contributed by atoms with Crippen molar-refractivity contribution in [2.24, 2.45) is 5.92 Å². The maximum absolute atomic E-state index is 13.1. The maximum atomic E-state index is 13.1. The van der Waals surface area contributed by atoms with Gasteiger partial charge in [0.15, 0.2) is 16.3 Å². The Morgan fingerprint density at radius 1 is 1.04 bits per heavy atom. The van der Waals surface area contributed by atoms with E-state index in [0.29, 0.717) is 11.1 Å². The van der Waals surface area contributed by atoms with Crippen molar-refractivity contribution < 1.29 is 14.7 Å². The molecule has 0 saturated carbocycles. The van der Waals surface area contributed by atoms with E-state index in [1.165, 1.54) is 0 Å². The van der Waals surface area contributed by atoms with Gasteiger partial charge in [0.1, 0.15) is 0 Å². The number of ketones is 1. The highest BCUT2D eigenvalue weighted by Gasteiger charge is 2.55. The van der Waals surface area contributed by atoms with Crippen LogP contribution in [0.2, 0.25) is 0 Å². The van der Waals surface area contributed by atoms with E-state index in [1.54, 1.807) is 54.6 Å². The Bertz CT molecular complexity index is 770. The Balaban J connectivity index is 2.11. The van der Waals surface area contributed by atoms with Crippen LogP contribution in [0.15, 0.2) is 60.7 Å². The second-order valence-corrected chi connectivity index (χ2v) is 6.92.